The van der Waals surface area contributed by atoms with Crippen LogP contribution >= 0.6 is 0 Å². The number of ether oxygens (including phenoxy) is 1. The van der Waals surface area contributed by atoms with Gasteiger partial charge in [0.1, 0.15) is 5.75 Å². The molecule has 0 spiro atoms. The summed E-state index contributed by atoms with van der Waals surface area (Å²) in [4.78, 5) is 18.9. The maximum Gasteiger partial charge on any atom is 0.417 e. The van der Waals surface area contributed by atoms with Gasteiger partial charge in [0.25, 0.3) is 0 Å². The lowest BCUT2D eigenvalue weighted by Crippen LogP contribution is -2.46. The minimum atomic E-state index is -0.415. The average Bonchev–Trinajstić information content (AvgIpc) is 3.12. The van der Waals surface area contributed by atoms with Crippen LogP contribution in [0.15, 0.2) is 51.7 Å². The first-order valence-corrected chi connectivity index (χ1v) is 9.45. The van der Waals surface area contributed by atoms with Gasteiger partial charge in [0, 0.05) is 32.7 Å². The largest absolute Gasteiger partial charge is 0.494 e. The molecule has 0 aliphatic carbocycles. The molecule has 1 aliphatic rings. The van der Waals surface area contributed by atoms with Gasteiger partial charge < -0.3 is 14.1 Å². The first-order valence-electron chi connectivity index (χ1n) is 9.45. The molecule has 1 aliphatic heterocycles. The molecule has 1 aromatic heterocycles. The predicted octanol–water partition coefficient (Wildman–Crippen LogP) is 2.58. The second kappa shape index (κ2) is 8.19. The molecule has 28 heavy (non-hydrogen) atoms. The number of oxazole rings is 1. The SMILES string of the molecule is N#Cc1cccc(OCCCN2CCN(c3cccc4[nH]c(=O)oc34)CC2)c1. The Hall–Kier alpha value is -3.24. The molecule has 2 heterocycles. The molecule has 0 bridgehead atoms. The lowest BCUT2D eigenvalue weighted by molar-refractivity contribution is 0.224. The number of benzene rings is 2. The van der Waals surface area contributed by atoms with Crippen LogP contribution in [0.1, 0.15) is 12.0 Å². The van der Waals surface area contributed by atoms with E-state index in [9.17, 15) is 4.79 Å². The van der Waals surface area contributed by atoms with E-state index in [0.29, 0.717) is 17.8 Å². The van der Waals surface area contributed by atoms with Crippen molar-refractivity contribution in [2.24, 2.45) is 0 Å². The molecule has 7 heteroatoms. The van der Waals surface area contributed by atoms with Gasteiger partial charge in [-0.05, 0) is 36.8 Å². The third-order valence-corrected chi connectivity index (χ3v) is 4.99. The summed E-state index contributed by atoms with van der Waals surface area (Å²) in [5.74, 6) is 0.325. The molecule has 144 valence electrons. The van der Waals surface area contributed by atoms with Gasteiger partial charge in [-0.2, -0.15) is 5.26 Å². The predicted molar refractivity (Wildman–Crippen MR) is 107 cm³/mol. The van der Waals surface area contributed by atoms with E-state index in [1.807, 2.05) is 30.3 Å². The number of aromatic nitrogens is 1. The zero-order chi connectivity index (χ0) is 19.3. The second-order valence-corrected chi connectivity index (χ2v) is 6.84. The minimum Gasteiger partial charge on any atom is -0.494 e. The molecule has 2 aromatic carbocycles. The fourth-order valence-corrected chi connectivity index (χ4v) is 3.55. The standard InChI is InChI=1S/C21H22N4O3/c22-15-16-4-1-5-17(14-16)27-13-3-8-24-9-11-25(12-10-24)19-7-2-6-18-20(19)28-21(26)23-18/h1-2,4-7,14H,3,8-13H2,(H,23,26). The molecule has 0 atom stereocenters. The topological polar surface area (TPSA) is 85.5 Å². The minimum absolute atomic E-state index is 0.415. The summed E-state index contributed by atoms with van der Waals surface area (Å²) in [6, 6.07) is 15.2. The van der Waals surface area contributed by atoms with E-state index in [2.05, 4.69) is 20.9 Å². The number of nitrogens with one attached hydrogen (secondary N) is 1. The summed E-state index contributed by atoms with van der Waals surface area (Å²) in [5, 5.41) is 8.93. The number of rotatable bonds is 6. The summed E-state index contributed by atoms with van der Waals surface area (Å²) in [6.45, 7) is 5.28. The summed E-state index contributed by atoms with van der Waals surface area (Å²) >= 11 is 0. The van der Waals surface area contributed by atoms with E-state index < -0.39 is 5.76 Å². The van der Waals surface area contributed by atoms with Crippen molar-refractivity contribution < 1.29 is 9.15 Å². The molecule has 1 N–H and O–H groups in total. The maximum absolute atomic E-state index is 11.5. The second-order valence-electron chi connectivity index (χ2n) is 6.84. The molecule has 3 aromatic rings. The van der Waals surface area contributed by atoms with Crippen LogP contribution in [-0.2, 0) is 0 Å². The zero-order valence-corrected chi connectivity index (χ0v) is 15.6. The maximum atomic E-state index is 11.5. The quantitative estimate of drug-likeness (QED) is 0.664. The molecule has 7 nitrogen and oxygen atoms in total. The van der Waals surface area contributed by atoms with Gasteiger partial charge in [0.05, 0.1) is 29.4 Å². The average molecular weight is 378 g/mol. The van der Waals surface area contributed by atoms with Crippen LogP contribution in [0, 0.1) is 11.3 Å². The van der Waals surface area contributed by atoms with Crippen molar-refractivity contribution in [2.45, 2.75) is 6.42 Å². The van der Waals surface area contributed by atoms with Crippen LogP contribution in [0.5, 0.6) is 5.75 Å². The molecule has 4 rings (SSSR count). The van der Waals surface area contributed by atoms with Crippen molar-refractivity contribution in [3.05, 3.63) is 58.6 Å². The number of aromatic amines is 1. The first-order chi connectivity index (χ1) is 13.7. The molecule has 0 radical (unpaired) electrons. The first kappa shape index (κ1) is 18.1. The Morgan fingerprint density at radius 3 is 2.79 bits per heavy atom. The van der Waals surface area contributed by atoms with Crippen LogP contribution in [0.2, 0.25) is 0 Å². The van der Waals surface area contributed by atoms with Crippen LogP contribution in [0.4, 0.5) is 5.69 Å². The Morgan fingerprint density at radius 2 is 1.96 bits per heavy atom. The van der Waals surface area contributed by atoms with Gasteiger partial charge in [-0.25, -0.2) is 4.79 Å². The van der Waals surface area contributed by atoms with Crippen LogP contribution in [0.25, 0.3) is 11.1 Å². The van der Waals surface area contributed by atoms with Crippen molar-refractivity contribution in [3.63, 3.8) is 0 Å². The third kappa shape index (κ3) is 4.02. The van der Waals surface area contributed by atoms with Crippen molar-refractivity contribution >= 4 is 16.8 Å². The molecule has 0 unspecified atom stereocenters. The monoisotopic (exact) mass is 378 g/mol. The lowest BCUT2D eigenvalue weighted by atomic mass is 10.2. The zero-order valence-electron chi connectivity index (χ0n) is 15.6. The number of fused-ring (bicyclic) bond motifs is 1. The van der Waals surface area contributed by atoms with Crippen LogP contribution in [0.3, 0.4) is 0 Å². The van der Waals surface area contributed by atoms with Crippen LogP contribution in [-0.4, -0.2) is 49.2 Å². The van der Waals surface area contributed by atoms with Gasteiger partial charge in [0.2, 0.25) is 0 Å². The van der Waals surface area contributed by atoms with E-state index in [4.69, 9.17) is 14.4 Å². The van der Waals surface area contributed by atoms with E-state index >= 15 is 0 Å². The molecule has 0 saturated carbocycles. The Morgan fingerprint density at radius 1 is 1.14 bits per heavy atom. The van der Waals surface area contributed by atoms with Crippen molar-refractivity contribution in [1.82, 2.24) is 9.88 Å². The van der Waals surface area contributed by atoms with Gasteiger partial charge in [-0.3, -0.25) is 9.88 Å². The Kier molecular flexibility index (Phi) is 5.31. The third-order valence-electron chi connectivity index (χ3n) is 4.99. The van der Waals surface area contributed by atoms with E-state index in [0.717, 1.165) is 56.1 Å². The highest BCUT2D eigenvalue weighted by Gasteiger charge is 2.20. The summed E-state index contributed by atoms with van der Waals surface area (Å²) in [5.41, 5.74) is 2.95. The highest BCUT2D eigenvalue weighted by Crippen LogP contribution is 2.25. The van der Waals surface area contributed by atoms with Crippen LogP contribution < -0.4 is 15.4 Å². The molecular formula is C21H22N4O3. The van der Waals surface area contributed by atoms with Gasteiger partial charge in [-0.15, -0.1) is 0 Å². The smallest absolute Gasteiger partial charge is 0.417 e. The summed E-state index contributed by atoms with van der Waals surface area (Å²) in [6.07, 6.45) is 0.930. The number of nitrogens with zero attached hydrogens (tertiary/aromatic N) is 3. The number of nitriles is 1. The summed E-state index contributed by atoms with van der Waals surface area (Å²) < 4.78 is 11.1. The molecule has 1 saturated heterocycles. The van der Waals surface area contributed by atoms with E-state index in [1.54, 1.807) is 12.1 Å². The van der Waals surface area contributed by atoms with Gasteiger partial charge in [-0.1, -0.05) is 12.1 Å². The van der Waals surface area contributed by atoms with Crippen molar-refractivity contribution in [1.29, 1.82) is 5.26 Å². The normalized spacial score (nSPS) is 14.9. The summed E-state index contributed by atoms with van der Waals surface area (Å²) in [7, 11) is 0. The van der Waals surface area contributed by atoms with Crippen molar-refractivity contribution in [2.75, 3.05) is 44.2 Å². The lowest BCUT2D eigenvalue weighted by Gasteiger charge is -2.35. The number of hydrogen-bond donors (Lipinski definition) is 1. The number of H-pyrrole nitrogens is 1. The highest BCUT2D eigenvalue weighted by molar-refractivity contribution is 5.86. The molecule has 1 fully saturated rings. The molecular weight excluding hydrogens is 356 g/mol. The number of anilines is 1. The van der Waals surface area contributed by atoms with E-state index in [-0.39, 0.29) is 0 Å². The van der Waals surface area contributed by atoms with E-state index in [1.165, 1.54) is 0 Å². The van der Waals surface area contributed by atoms with Gasteiger partial charge in [0.15, 0.2) is 5.58 Å². The fraction of sp³-hybridized carbons (Fsp3) is 0.333. The number of hydrogen-bond acceptors (Lipinski definition) is 6. The van der Waals surface area contributed by atoms with Crippen molar-refractivity contribution in [3.8, 4) is 11.8 Å². The Balaban J connectivity index is 1.25. The highest BCUT2D eigenvalue weighted by atomic mass is 16.5. The fourth-order valence-electron chi connectivity index (χ4n) is 3.55. The Bertz CT molecular complexity index is 1040. The molecule has 0 amide bonds. The van der Waals surface area contributed by atoms with Gasteiger partial charge >= 0.3 is 5.76 Å². The number of para-hydroxylation sites is 1. The number of piperazine rings is 1. The Labute approximate surface area is 162 Å².